The van der Waals surface area contributed by atoms with E-state index in [2.05, 4.69) is 70.3 Å². The van der Waals surface area contributed by atoms with Crippen LogP contribution in [-0.4, -0.2) is 12.5 Å². The van der Waals surface area contributed by atoms with E-state index < -0.39 is 0 Å². The zero-order valence-corrected chi connectivity index (χ0v) is 20.4. The second-order valence-electron chi connectivity index (χ2n) is 11.1. The lowest BCUT2D eigenvalue weighted by molar-refractivity contribution is -0.110. The van der Waals surface area contributed by atoms with Crippen molar-refractivity contribution in [3.8, 4) is 0 Å². The molecule has 170 valence electrons. The molecule has 0 spiro atoms. The van der Waals surface area contributed by atoms with Gasteiger partial charge >= 0.3 is 0 Å². The molecule has 2 nitrogen and oxygen atoms in total. The van der Waals surface area contributed by atoms with E-state index in [1.165, 1.54) is 70.6 Å². The van der Waals surface area contributed by atoms with Crippen LogP contribution in [0, 0.1) is 17.3 Å². The van der Waals surface area contributed by atoms with Gasteiger partial charge < -0.3 is 5.32 Å². The number of rotatable bonds is 3. The summed E-state index contributed by atoms with van der Waals surface area (Å²) in [6, 6.07) is 11.8. The fourth-order valence-electron chi connectivity index (χ4n) is 6.60. The van der Waals surface area contributed by atoms with Crippen molar-refractivity contribution in [2.75, 3.05) is 0 Å². The summed E-state index contributed by atoms with van der Waals surface area (Å²) >= 11 is 0. The Labute approximate surface area is 186 Å². The van der Waals surface area contributed by atoms with E-state index in [0.717, 1.165) is 18.2 Å². The topological polar surface area (TPSA) is 29.1 Å². The molecule has 3 atom stereocenters. The zero-order chi connectivity index (χ0) is 22.0. The molecule has 0 radical (unpaired) electrons. The van der Waals surface area contributed by atoms with Gasteiger partial charge in [-0.1, -0.05) is 90.6 Å². The largest absolute Gasteiger partial charge is 0.356 e. The molecule has 30 heavy (non-hydrogen) atoms. The second-order valence-corrected chi connectivity index (χ2v) is 11.1. The lowest BCUT2D eigenvalue weighted by atomic mass is 9.51. The normalized spacial score (nSPS) is 30.0. The van der Waals surface area contributed by atoms with Crippen molar-refractivity contribution in [1.82, 2.24) is 5.32 Å². The lowest BCUT2D eigenvalue weighted by Crippen LogP contribution is -2.45. The molecule has 3 fully saturated rings. The van der Waals surface area contributed by atoms with E-state index in [1.54, 1.807) is 5.56 Å². The lowest BCUT2D eigenvalue weighted by Gasteiger charge is -2.54. The summed E-state index contributed by atoms with van der Waals surface area (Å²) in [7, 11) is 0. The van der Waals surface area contributed by atoms with Gasteiger partial charge in [-0.05, 0) is 73.2 Å². The van der Waals surface area contributed by atoms with Crippen LogP contribution in [0.3, 0.4) is 0 Å². The highest BCUT2D eigenvalue weighted by Crippen LogP contribution is 2.57. The molecule has 3 aliphatic rings. The molecule has 1 amide bonds. The number of benzene rings is 1. The van der Waals surface area contributed by atoms with Crippen LogP contribution >= 0.6 is 0 Å². The third-order valence-electron chi connectivity index (χ3n) is 7.11. The average molecular weight is 414 g/mol. The van der Waals surface area contributed by atoms with Crippen LogP contribution in [0.5, 0.6) is 0 Å². The van der Waals surface area contributed by atoms with Crippen LogP contribution in [0.25, 0.3) is 0 Å². The van der Waals surface area contributed by atoms with E-state index in [9.17, 15) is 4.79 Å². The van der Waals surface area contributed by atoms with Crippen molar-refractivity contribution < 1.29 is 4.79 Å². The summed E-state index contributed by atoms with van der Waals surface area (Å²) in [6.45, 7) is 11.7. The summed E-state index contributed by atoms with van der Waals surface area (Å²) < 4.78 is 0. The Balaban J connectivity index is 0.000000224. The van der Waals surface area contributed by atoms with Gasteiger partial charge in [0.2, 0.25) is 6.41 Å². The third kappa shape index (κ3) is 7.43. The molecule has 0 saturated heterocycles. The summed E-state index contributed by atoms with van der Waals surface area (Å²) in [4.78, 5) is 9.96. The molecule has 4 rings (SSSR count). The number of amides is 1. The number of carbonyl (C=O) groups excluding carboxylic acids is 1. The van der Waals surface area contributed by atoms with Gasteiger partial charge in [0.05, 0.1) is 0 Å². The predicted molar refractivity (Wildman–Crippen MR) is 130 cm³/mol. The quantitative estimate of drug-likeness (QED) is 0.506. The first-order valence-corrected chi connectivity index (χ1v) is 12.6. The Kier molecular flexibility index (Phi) is 9.91. The van der Waals surface area contributed by atoms with Crippen LogP contribution in [0.15, 0.2) is 30.3 Å². The van der Waals surface area contributed by atoms with E-state index in [1.807, 2.05) is 0 Å². The van der Waals surface area contributed by atoms with Crippen molar-refractivity contribution in [3.05, 3.63) is 35.9 Å². The number of carbonyl (C=O) groups is 1. The zero-order valence-electron chi connectivity index (χ0n) is 20.4. The maximum atomic E-state index is 9.96. The van der Waals surface area contributed by atoms with Gasteiger partial charge in [0.1, 0.15) is 0 Å². The first-order valence-electron chi connectivity index (χ1n) is 12.6. The highest BCUT2D eigenvalue weighted by atomic mass is 16.1. The van der Waals surface area contributed by atoms with Crippen molar-refractivity contribution in [2.24, 2.45) is 17.3 Å². The molecule has 3 aliphatic carbocycles. The first kappa shape index (κ1) is 25.0. The molecule has 1 N–H and O–H groups in total. The minimum Gasteiger partial charge on any atom is -0.356 e. The van der Waals surface area contributed by atoms with Crippen LogP contribution in [-0.2, 0) is 10.2 Å². The maximum Gasteiger partial charge on any atom is 0.207 e. The average Bonchev–Trinajstić information content (AvgIpc) is 2.69. The van der Waals surface area contributed by atoms with Crippen LogP contribution in [0.2, 0.25) is 0 Å². The molecule has 3 saturated carbocycles. The molecule has 0 heterocycles. The van der Waals surface area contributed by atoms with Crippen LogP contribution in [0.4, 0.5) is 0 Å². The van der Waals surface area contributed by atoms with Gasteiger partial charge in [-0.3, -0.25) is 4.79 Å². The Morgan fingerprint density at radius 1 is 1.00 bits per heavy atom. The van der Waals surface area contributed by atoms with Crippen molar-refractivity contribution in [2.45, 2.75) is 117 Å². The van der Waals surface area contributed by atoms with Crippen LogP contribution in [0.1, 0.15) is 111 Å². The molecular weight excluding hydrogens is 366 g/mol. The van der Waals surface area contributed by atoms with E-state index in [4.69, 9.17) is 0 Å². The third-order valence-corrected chi connectivity index (χ3v) is 7.11. The summed E-state index contributed by atoms with van der Waals surface area (Å²) in [6.07, 6.45) is 15.4. The fourth-order valence-corrected chi connectivity index (χ4v) is 6.60. The standard InChI is InChI=1S/C18H26.C7H13NO.C3H8/c1-14-9-15-11-17(2,3)13-18(10-14,12-15)16-7-5-4-6-8-16;9-6-8-7-4-2-1-3-5-7;1-3-2/h4-8,14-15H,9-13H2,1-3H3;6-7H,1-5H2,(H,8,9);3H2,1-2H3. The molecule has 3 unspecified atom stereocenters. The summed E-state index contributed by atoms with van der Waals surface area (Å²) in [5, 5.41) is 2.80. The van der Waals surface area contributed by atoms with Gasteiger partial charge in [-0.15, -0.1) is 0 Å². The highest BCUT2D eigenvalue weighted by Gasteiger charge is 2.48. The number of fused-ring (bicyclic) bond motifs is 2. The highest BCUT2D eigenvalue weighted by molar-refractivity contribution is 5.46. The fraction of sp³-hybridized carbons (Fsp3) is 0.750. The summed E-state index contributed by atoms with van der Waals surface area (Å²) in [5.41, 5.74) is 2.61. The van der Waals surface area contributed by atoms with Gasteiger partial charge in [0.25, 0.3) is 0 Å². The Morgan fingerprint density at radius 2 is 1.63 bits per heavy atom. The molecule has 1 aromatic rings. The van der Waals surface area contributed by atoms with Gasteiger partial charge in [0.15, 0.2) is 0 Å². The van der Waals surface area contributed by atoms with Crippen molar-refractivity contribution in [3.63, 3.8) is 0 Å². The number of nitrogens with one attached hydrogen (secondary N) is 1. The number of hydrogen-bond acceptors (Lipinski definition) is 1. The van der Waals surface area contributed by atoms with Crippen LogP contribution < -0.4 is 5.32 Å². The maximum absolute atomic E-state index is 9.96. The Hall–Kier alpha value is -1.31. The second kappa shape index (κ2) is 11.9. The van der Waals surface area contributed by atoms with Crippen molar-refractivity contribution in [1.29, 1.82) is 0 Å². The van der Waals surface area contributed by atoms with E-state index >= 15 is 0 Å². The smallest absolute Gasteiger partial charge is 0.207 e. The minimum absolute atomic E-state index is 0.478. The molecular formula is C28H47NO. The first-order chi connectivity index (χ1) is 14.3. The predicted octanol–water partition coefficient (Wildman–Crippen LogP) is 7.66. The monoisotopic (exact) mass is 413 g/mol. The molecule has 0 aromatic heterocycles. The summed E-state index contributed by atoms with van der Waals surface area (Å²) in [5.74, 6) is 1.86. The number of hydrogen-bond donors (Lipinski definition) is 1. The van der Waals surface area contributed by atoms with Gasteiger partial charge in [-0.2, -0.15) is 0 Å². The van der Waals surface area contributed by atoms with Gasteiger partial charge in [-0.25, -0.2) is 0 Å². The molecule has 2 bridgehead atoms. The van der Waals surface area contributed by atoms with E-state index in [-0.39, 0.29) is 0 Å². The molecule has 0 aliphatic heterocycles. The SMILES string of the molecule is CC1CC2CC(C)(C)CC(c3ccccc3)(C1)C2.CCC.O=CNC1CCCCC1. The van der Waals surface area contributed by atoms with E-state index in [0.29, 0.717) is 16.9 Å². The molecule has 1 aromatic carbocycles. The molecule has 2 heteroatoms. The minimum atomic E-state index is 0.478. The Morgan fingerprint density at radius 3 is 2.23 bits per heavy atom. The van der Waals surface area contributed by atoms with Gasteiger partial charge in [0, 0.05) is 6.04 Å². The van der Waals surface area contributed by atoms with Crippen molar-refractivity contribution >= 4 is 6.41 Å². The Bertz CT molecular complexity index is 600.